The molecule has 176 valence electrons. The number of benzene rings is 3. The van der Waals surface area contributed by atoms with Crippen molar-refractivity contribution in [1.29, 1.82) is 0 Å². The van der Waals surface area contributed by atoms with Gasteiger partial charge in [-0.1, -0.05) is 36.8 Å². The Morgan fingerprint density at radius 2 is 1.82 bits per heavy atom. The Hall–Kier alpha value is -3.69. The summed E-state index contributed by atoms with van der Waals surface area (Å²) in [6.07, 6.45) is 0.127. The summed E-state index contributed by atoms with van der Waals surface area (Å²) >= 11 is 0. The highest BCUT2D eigenvalue weighted by atomic mass is 32.2. The SMILES string of the molecule is CC[C@@H](NS(=O)(=O)c1ccc(C)cc1)C(=O)Oc1cc(O)c2c(=O)c3cccc(C)c3oc2c1. The lowest BCUT2D eigenvalue weighted by molar-refractivity contribution is -0.136. The predicted octanol–water partition coefficient (Wildman–Crippen LogP) is 3.93. The van der Waals surface area contributed by atoms with E-state index < -0.39 is 33.2 Å². The maximum Gasteiger partial charge on any atom is 0.329 e. The average Bonchev–Trinajstić information content (AvgIpc) is 2.78. The van der Waals surface area contributed by atoms with Crippen molar-refractivity contribution in [2.45, 2.75) is 38.1 Å². The standard InChI is InChI=1S/C25H23NO7S/c1-4-19(26-34(30,31)17-10-8-14(2)9-11-17)25(29)32-16-12-20(27)22-21(13-16)33-24-15(3)6-5-7-18(24)23(22)28/h5-13,19,26-27H,4H2,1-3H3/t19-/m1/s1. The van der Waals surface area contributed by atoms with Crippen LogP contribution in [0.5, 0.6) is 11.5 Å². The lowest BCUT2D eigenvalue weighted by Crippen LogP contribution is -2.42. The number of rotatable bonds is 6. The third kappa shape index (κ3) is 4.40. The Labute approximate surface area is 195 Å². The molecule has 0 aliphatic rings. The van der Waals surface area contributed by atoms with Gasteiger partial charge in [0.05, 0.1) is 10.3 Å². The van der Waals surface area contributed by atoms with E-state index in [4.69, 9.17) is 9.15 Å². The number of para-hydroxylation sites is 1. The van der Waals surface area contributed by atoms with Gasteiger partial charge in [0.25, 0.3) is 0 Å². The highest BCUT2D eigenvalue weighted by Gasteiger charge is 2.26. The summed E-state index contributed by atoms with van der Waals surface area (Å²) in [4.78, 5) is 25.6. The number of hydrogen-bond acceptors (Lipinski definition) is 7. The van der Waals surface area contributed by atoms with Crippen LogP contribution in [0.1, 0.15) is 24.5 Å². The maximum absolute atomic E-state index is 12.9. The van der Waals surface area contributed by atoms with Crippen molar-refractivity contribution in [2.24, 2.45) is 0 Å². The molecule has 34 heavy (non-hydrogen) atoms. The van der Waals surface area contributed by atoms with Crippen LogP contribution in [0.4, 0.5) is 0 Å². The van der Waals surface area contributed by atoms with E-state index in [1.165, 1.54) is 18.2 Å². The molecule has 8 nitrogen and oxygen atoms in total. The van der Waals surface area contributed by atoms with Gasteiger partial charge in [-0.15, -0.1) is 0 Å². The van der Waals surface area contributed by atoms with E-state index in [9.17, 15) is 23.1 Å². The molecule has 3 aromatic carbocycles. The minimum atomic E-state index is -3.96. The summed E-state index contributed by atoms with van der Waals surface area (Å²) in [5, 5.41) is 10.8. The van der Waals surface area contributed by atoms with Crippen molar-refractivity contribution < 1.29 is 27.5 Å². The van der Waals surface area contributed by atoms with Crippen LogP contribution < -0.4 is 14.9 Å². The molecule has 0 fully saturated rings. The average molecular weight is 482 g/mol. The fourth-order valence-corrected chi connectivity index (χ4v) is 4.88. The molecule has 1 atom stereocenters. The lowest BCUT2D eigenvalue weighted by atomic mass is 10.1. The number of ether oxygens (including phenoxy) is 1. The van der Waals surface area contributed by atoms with Gasteiger partial charge in [0, 0.05) is 12.1 Å². The van der Waals surface area contributed by atoms with Crippen molar-refractivity contribution in [1.82, 2.24) is 4.72 Å². The molecular weight excluding hydrogens is 458 g/mol. The zero-order chi connectivity index (χ0) is 24.6. The third-order valence-corrected chi connectivity index (χ3v) is 6.98. The van der Waals surface area contributed by atoms with Crippen LogP contribution >= 0.6 is 0 Å². The number of fused-ring (bicyclic) bond motifs is 2. The molecule has 4 rings (SSSR count). The van der Waals surface area contributed by atoms with Crippen molar-refractivity contribution in [3.63, 3.8) is 0 Å². The number of nitrogens with one attached hydrogen (secondary N) is 1. The monoisotopic (exact) mass is 481 g/mol. The van der Waals surface area contributed by atoms with Crippen molar-refractivity contribution >= 4 is 37.9 Å². The predicted molar refractivity (Wildman–Crippen MR) is 128 cm³/mol. The van der Waals surface area contributed by atoms with Gasteiger partial charge in [-0.3, -0.25) is 4.79 Å². The lowest BCUT2D eigenvalue weighted by Gasteiger charge is -2.16. The molecule has 9 heteroatoms. The topological polar surface area (TPSA) is 123 Å². The van der Waals surface area contributed by atoms with Crippen LogP contribution in [0.3, 0.4) is 0 Å². The minimum absolute atomic E-state index is 0.0247. The number of sulfonamides is 1. The first-order valence-corrected chi connectivity index (χ1v) is 12.1. The Morgan fingerprint density at radius 3 is 2.50 bits per heavy atom. The van der Waals surface area contributed by atoms with Crippen molar-refractivity contribution in [3.05, 3.63) is 75.9 Å². The highest BCUT2D eigenvalue weighted by Crippen LogP contribution is 2.31. The number of phenolic OH excluding ortho intramolecular Hbond substituents is 1. The number of phenols is 1. The fourth-order valence-electron chi connectivity index (χ4n) is 3.61. The quantitative estimate of drug-likeness (QED) is 0.243. The fraction of sp³-hybridized carbons (Fsp3) is 0.200. The van der Waals surface area contributed by atoms with Crippen LogP contribution in [-0.2, 0) is 14.8 Å². The number of esters is 1. The van der Waals surface area contributed by atoms with Crippen LogP contribution in [0.25, 0.3) is 21.9 Å². The molecule has 4 aromatic rings. The summed E-state index contributed by atoms with van der Waals surface area (Å²) in [6, 6.07) is 12.6. The molecule has 0 radical (unpaired) electrons. The molecule has 0 saturated carbocycles. The minimum Gasteiger partial charge on any atom is -0.507 e. The van der Waals surface area contributed by atoms with Gasteiger partial charge < -0.3 is 14.3 Å². The first-order valence-electron chi connectivity index (χ1n) is 10.6. The summed E-state index contributed by atoms with van der Waals surface area (Å²) in [7, 11) is -3.96. The molecule has 0 unspecified atom stereocenters. The number of aromatic hydroxyl groups is 1. The Kier molecular flexibility index (Phi) is 6.16. The molecule has 0 bridgehead atoms. The summed E-state index contributed by atoms with van der Waals surface area (Å²) in [5.74, 6) is -1.36. The van der Waals surface area contributed by atoms with E-state index in [2.05, 4.69) is 4.72 Å². The molecule has 0 spiro atoms. The first-order chi connectivity index (χ1) is 16.1. The van der Waals surface area contributed by atoms with Gasteiger partial charge in [-0.2, -0.15) is 4.72 Å². The Balaban J connectivity index is 1.65. The Bertz CT molecular complexity index is 1570. The molecule has 1 aromatic heterocycles. The van der Waals surface area contributed by atoms with E-state index in [0.717, 1.165) is 17.2 Å². The number of hydrogen-bond donors (Lipinski definition) is 2. The van der Waals surface area contributed by atoms with Gasteiger partial charge >= 0.3 is 5.97 Å². The largest absolute Gasteiger partial charge is 0.507 e. The van der Waals surface area contributed by atoms with Gasteiger partial charge in [0.15, 0.2) is 0 Å². The highest BCUT2D eigenvalue weighted by molar-refractivity contribution is 7.89. The summed E-state index contributed by atoms with van der Waals surface area (Å²) in [5.41, 5.74) is 1.63. The molecule has 1 heterocycles. The van der Waals surface area contributed by atoms with Crippen molar-refractivity contribution in [2.75, 3.05) is 0 Å². The maximum atomic E-state index is 12.9. The second kappa shape index (κ2) is 8.92. The molecule has 0 aliphatic heterocycles. The second-order valence-electron chi connectivity index (χ2n) is 8.01. The van der Waals surface area contributed by atoms with Crippen LogP contribution in [0.2, 0.25) is 0 Å². The van der Waals surface area contributed by atoms with Gasteiger partial charge in [-0.05, 0) is 44.0 Å². The molecule has 0 amide bonds. The molecule has 0 aliphatic carbocycles. The van der Waals surface area contributed by atoms with E-state index in [-0.39, 0.29) is 28.0 Å². The molecule has 2 N–H and O–H groups in total. The van der Waals surface area contributed by atoms with Gasteiger partial charge in [-0.25, -0.2) is 13.2 Å². The third-order valence-electron chi connectivity index (χ3n) is 5.49. The molecule has 0 saturated heterocycles. The Morgan fingerprint density at radius 1 is 1.12 bits per heavy atom. The number of carbonyl (C=O) groups excluding carboxylic acids is 1. The van der Waals surface area contributed by atoms with Crippen molar-refractivity contribution in [3.8, 4) is 11.5 Å². The van der Waals surface area contributed by atoms with Gasteiger partial charge in [0.1, 0.15) is 34.1 Å². The van der Waals surface area contributed by atoms with Crippen LogP contribution in [-0.4, -0.2) is 25.5 Å². The number of carbonyl (C=O) groups is 1. The van der Waals surface area contributed by atoms with E-state index in [1.54, 1.807) is 44.2 Å². The summed E-state index contributed by atoms with van der Waals surface area (Å²) < 4.78 is 38.9. The van der Waals surface area contributed by atoms with E-state index >= 15 is 0 Å². The van der Waals surface area contributed by atoms with Crippen LogP contribution in [0.15, 0.2) is 68.7 Å². The second-order valence-corrected chi connectivity index (χ2v) is 9.73. The van der Waals surface area contributed by atoms with E-state index in [0.29, 0.717) is 11.0 Å². The smallest absolute Gasteiger partial charge is 0.329 e. The summed E-state index contributed by atoms with van der Waals surface area (Å²) in [6.45, 7) is 5.25. The van der Waals surface area contributed by atoms with E-state index in [1.807, 2.05) is 6.92 Å². The van der Waals surface area contributed by atoms with Gasteiger partial charge in [0.2, 0.25) is 15.5 Å². The number of aryl methyl sites for hydroxylation is 2. The zero-order valence-electron chi connectivity index (χ0n) is 18.8. The van der Waals surface area contributed by atoms with Crippen LogP contribution in [0, 0.1) is 13.8 Å². The normalized spacial score (nSPS) is 12.7. The molecular formula is C25H23NO7S. The zero-order valence-corrected chi connectivity index (χ0v) is 19.6. The first kappa shape index (κ1) is 23.5.